The Morgan fingerprint density at radius 1 is 1.50 bits per heavy atom. The van der Waals surface area contributed by atoms with Gasteiger partial charge in [-0.15, -0.1) is 6.42 Å². The number of nitrogens with one attached hydrogen (secondary N) is 1. The van der Waals surface area contributed by atoms with Crippen molar-refractivity contribution in [3.05, 3.63) is 0 Å². The van der Waals surface area contributed by atoms with Gasteiger partial charge in [-0.05, 0) is 25.7 Å². The molecule has 0 bridgehead atoms. The van der Waals surface area contributed by atoms with Gasteiger partial charge in [0.15, 0.2) is 0 Å². The molecule has 1 rings (SSSR count). The Balaban J connectivity index is 2.49. The van der Waals surface area contributed by atoms with Crippen molar-refractivity contribution in [1.82, 2.24) is 10.2 Å². The number of terminal acetylenes is 1. The Morgan fingerprint density at radius 2 is 2.11 bits per heavy atom. The van der Waals surface area contributed by atoms with E-state index in [2.05, 4.69) is 11.2 Å². The molecule has 1 saturated carbocycles. The summed E-state index contributed by atoms with van der Waals surface area (Å²) in [7, 11) is 0. The van der Waals surface area contributed by atoms with Crippen molar-refractivity contribution in [1.29, 1.82) is 0 Å². The van der Waals surface area contributed by atoms with Crippen LogP contribution in [0.1, 0.15) is 32.6 Å². The zero-order chi connectivity index (χ0) is 13.5. The van der Waals surface area contributed by atoms with Crippen LogP contribution in [0.3, 0.4) is 0 Å². The standard InChI is InChI=1S/C13H20N2O3/c1-3-8-15(9-12(16)17)13(18)14-10(2)11-6-4-5-7-11/h1,10-11H,4-9H2,2H3,(H,14,18)(H,16,17). The van der Waals surface area contributed by atoms with Crippen LogP contribution in [-0.2, 0) is 4.79 Å². The lowest BCUT2D eigenvalue weighted by Gasteiger charge is -2.25. The quantitative estimate of drug-likeness (QED) is 0.724. The van der Waals surface area contributed by atoms with E-state index in [9.17, 15) is 9.59 Å². The van der Waals surface area contributed by atoms with Crippen LogP contribution in [0, 0.1) is 18.3 Å². The summed E-state index contributed by atoms with van der Waals surface area (Å²) >= 11 is 0. The molecular weight excluding hydrogens is 232 g/mol. The van der Waals surface area contributed by atoms with Crippen molar-refractivity contribution in [3.8, 4) is 12.3 Å². The van der Waals surface area contributed by atoms with Crippen molar-refractivity contribution < 1.29 is 14.7 Å². The molecule has 1 aliphatic carbocycles. The second-order valence-electron chi connectivity index (χ2n) is 4.74. The summed E-state index contributed by atoms with van der Waals surface area (Å²) in [6.07, 6.45) is 9.78. The molecule has 0 aromatic heterocycles. The fraction of sp³-hybridized carbons (Fsp3) is 0.692. The number of hydrogen-bond donors (Lipinski definition) is 2. The minimum Gasteiger partial charge on any atom is -0.480 e. The highest BCUT2D eigenvalue weighted by Gasteiger charge is 2.25. The SMILES string of the molecule is C#CCN(CC(=O)O)C(=O)NC(C)C1CCCC1. The molecule has 100 valence electrons. The summed E-state index contributed by atoms with van der Waals surface area (Å²) in [6, 6.07) is -0.330. The maximum absolute atomic E-state index is 11.9. The van der Waals surface area contributed by atoms with E-state index in [1.165, 1.54) is 12.8 Å². The third-order valence-corrected chi connectivity index (χ3v) is 3.35. The summed E-state index contributed by atoms with van der Waals surface area (Å²) in [4.78, 5) is 23.7. The summed E-state index contributed by atoms with van der Waals surface area (Å²) in [5.74, 6) is 1.73. The van der Waals surface area contributed by atoms with Gasteiger partial charge in [0, 0.05) is 6.04 Å². The maximum atomic E-state index is 11.9. The highest BCUT2D eigenvalue weighted by atomic mass is 16.4. The van der Waals surface area contributed by atoms with Gasteiger partial charge in [0.2, 0.25) is 0 Å². The first-order valence-corrected chi connectivity index (χ1v) is 6.25. The summed E-state index contributed by atoms with van der Waals surface area (Å²) in [5.41, 5.74) is 0. The molecule has 1 fully saturated rings. The second kappa shape index (κ2) is 6.90. The van der Waals surface area contributed by atoms with Gasteiger partial charge in [0.25, 0.3) is 0 Å². The number of nitrogens with zero attached hydrogens (tertiary/aromatic N) is 1. The Hall–Kier alpha value is -1.70. The summed E-state index contributed by atoms with van der Waals surface area (Å²) < 4.78 is 0. The second-order valence-corrected chi connectivity index (χ2v) is 4.74. The van der Waals surface area contributed by atoms with Crippen LogP contribution in [0.2, 0.25) is 0 Å². The minimum atomic E-state index is -1.06. The summed E-state index contributed by atoms with van der Waals surface area (Å²) in [5, 5.41) is 11.6. The molecule has 0 spiro atoms. The van der Waals surface area contributed by atoms with E-state index in [4.69, 9.17) is 11.5 Å². The summed E-state index contributed by atoms with van der Waals surface area (Å²) in [6.45, 7) is 1.60. The van der Waals surface area contributed by atoms with Gasteiger partial charge in [-0.3, -0.25) is 4.79 Å². The molecule has 1 atom stereocenters. The first-order chi connectivity index (χ1) is 8.54. The predicted octanol–water partition coefficient (Wildman–Crippen LogP) is 1.29. The maximum Gasteiger partial charge on any atom is 0.323 e. The number of rotatable bonds is 5. The van der Waals surface area contributed by atoms with Crippen molar-refractivity contribution in [3.63, 3.8) is 0 Å². The van der Waals surface area contributed by atoms with Crippen molar-refractivity contribution in [2.75, 3.05) is 13.1 Å². The predicted molar refractivity (Wildman–Crippen MR) is 68.0 cm³/mol. The van der Waals surface area contributed by atoms with E-state index in [-0.39, 0.29) is 19.1 Å². The molecule has 0 radical (unpaired) electrons. The van der Waals surface area contributed by atoms with E-state index in [0.29, 0.717) is 5.92 Å². The van der Waals surface area contributed by atoms with Crippen LogP contribution in [0.15, 0.2) is 0 Å². The van der Waals surface area contributed by atoms with Crippen LogP contribution >= 0.6 is 0 Å². The van der Waals surface area contributed by atoms with Crippen LogP contribution in [0.5, 0.6) is 0 Å². The van der Waals surface area contributed by atoms with Gasteiger partial charge in [-0.25, -0.2) is 4.79 Å². The number of carboxylic acids is 1. The van der Waals surface area contributed by atoms with Crippen molar-refractivity contribution >= 4 is 12.0 Å². The average Bonchev–Trinajstić information content (AvgIpc) is 2.81. The van der Waals surface area contributed by atoms with Crippen molar-refractivity contribution in [2.45, 2.75) is 38.6 Å². The highest BCUT2D eigenvalue weighted by molar-refractivity contribution is 5.80. The Bertz CT molecular complexity index is 343. The molecule has 5 nitrogen and oxygen atoms in total. The number of carbonyl (C=O) groups excluding carboxylic acids is 1. The molecule has 0 saturated heterocycles. The molecule has 2 amide bonds. The van der Waals surface area contributed by atoms with Crippen LogP contribution in [0.4, 0.5) is 4.79 Å². The van der Waals surface area contributed by atoms with Gasteiger partial charge in [0.05, 0.1) is 6.54 Å². The number of hydrogen-bond acceptors (Lipinski definition) is 2. The fourth-order valence-electron chi connectivity index (χ4n) is 2.33. The average molecular weight is 252 g/mol. The van der Waals surface area contributed by atoms with E-state index in [1.807, 2.05) is 6.92 Å². The van der Waals surface area contributed by atoms with Crippen LogP contribution < -0.4 is 5.32 Å². The number of carboxylic acid groups (broad SMARTS) is 1. The van der Waals surface area contributed by atoms with Gasteiger partial charge >= 0.3 is 12.0 Å². The number of carbonyl (C=O) groups is 2. The molecular formula is C13H20N2O3. The zero-order valence-corrected chi connectivity index (χ0v) is 10.7. The number of amides is 2. The lowest BCUT2D eigenvalue weighted by molar-refractivity contribution is -0.137. The monoisotopic (exact) mass is 252 g/mol. The zero-order valence-electron chi connectivity index (χ0n) is 10.7. The van der Waals surface area contributed by atoms with E-state index in [1.54, 1.807) is 0 Å². The van der Waals surface area contributed by atoms with Crippen LogP contribution in [0.25, 0.3) is 0 Å². The Labute approximate surface area is 108 Å². The molecule has 1 unspecified atom stereocenters. The van der Waals surface area contributed by atoms with E-state index < -0.39 is 12.0 Å². The molecule has 1 aliphatic rings. The molecule has 0 heterocycles. The van der Waals surface area contributed by atoms with E-state index in [0.717, 1.165) is 17.7 Å². The first kappa shape index (κ1) is 14.4. The van der Waals surface area contributed by atoms with Crippen LogP contribution in [-0.4, -0.2) is 41.1 Å². The smallest absolute Gasteiger partial charge is 0.323 e. The third kappa shape index (κ3) is 4.28. The number of aliphatic carboxylic acids is 1. The molecule has 2 N–H and O–H groups in total. The normalized spacial score (nSPS) is 16.9. The van der Waals surface area contributed by atoms with Gasteiger partial charge in [0.1, 0.15) is 6.54 Å². The van der Waals surface area contributed by atoms with Gasteiger partial charge in [-0.2, -0.15) is 0 Å². The van der Waals surface area contributed by atoms with Gasteiger partial charge in [-0.1, -0.05) is 18.8 Å². The Kier molecular flexibility index (Phi) is 5.50. The molecule has 0 aromatic rings. The van der Waals surface area contributed by atoms with Gasteiger partial charge < -0.3 is 15.3 Å². The fourth-order valence-corrected chi connectivity index (χ4v) is 2.33. The largest absolute Gasteiger partial charge is 0.480 e. The Morgan fingerprint density at radius 3 is 2.61 bits per heavy atom. The van der Waals surface area contributed by atoms with E-state index >= 15 is 0 Å². The molecule has 18 heavy (non-hydrogen) atoms. The minimum absolute atomic E-state index is 0.00944. The lowest BCUT2D eigenvalue weighted by Crippen LogP contribution is -2.47. The number of urea groups is 1. The third-order valence-electron chi connectivity index (χ3n) is 3.35. The topological polar surface area (TPSA) is 69.6 Å². The molecule has 0 aromatic carbocycles. The molecule has 0 aliphatic heterocycles. The molecule has 5 heteroatoms. The van der Waals surface area contributed by atoms with Crippen molar-refractivity contribution in [2.24, 2.45) is 5.92 Å². The highest BCUT2D eigenvalue weighted by Crippen LogP contribution is 2.27. The first-order valence-electron chi connectivity index (χ1n) is 6.25. The lowest BCUT2D eigenvalue weighted by atomic mass is 10.0.